The van der Waals surface area contributed by atoms with Crippen LogP contribution in [0.25, 0.3) is 0 Å². The number of nitrogens with one attached hydrogen (secondary N) is 1. The second-order valence-electron chi connectivity index (χ2n) is 5.21. The van der Waals surface area contributed by atoms with E-state index in [0.29, 0.717) is 38.2 Å². The maximum atomic E-state index is 12.7. The lowest BCUT2D eigenvalue weighted by molar-refractivity contribution is -0.122. The van der Waals surface area contributed by atoms with Crippen molar-refractivity contribution in [1.29, 1.82) is 0 Å². The van der Waals surface area contributed by atoms with Crippen molar-refractivity contribution in [3.63, 3.8) is 0 Å². The van der Waals surface area contributed by atoms with Crippen LogP contribution >= 0.6 is 0 Å². The number of hydrogen-bond acceptors (Lipinski definition) is 4. The fourth-order valence-electron chi connectivity index (χ4n) is 2.04. The number of ether oxygens (including phenoxy) is 2. The molecule has 0 aromatic heterocycles. The lowest BCUT2D eigenvalue weighted by Gasteiger charge is -2.20. The number of aliphatic hydroxyl groups is 1. The molecular formula is C15H20FNO4. The summed E-state index contributed by atoms with van der Waals surface area (Å²) in [6.45, 7) is 1.38. The maximum Gasteiger partial charge on any atom is 0.220 e. The van der Waals surface area contributed by atoms with Crippen molar-refractivity contribution in [2.24, 2.45) is 0 Å². The third-order valence-corrected chi connectivity index (χ3v) is 3.33. The zero-order valence-corrected chi connectivity index (χ0v) is 11.8. The van der Waals surface area contributed by atoms with Gasteiger partial charge in [0.15, 0.2) is 0 Å². The Morgan fingerprint density at radius 3 is 2.86 bits per heavy atom. The molecular weight excluding hydrogens is 277 g/mol. The van der Waals surface area contributed by atoms with E-state index in [9.17, 15) is 14.3 Å². The van der Waals surface area contributed by atoms with Crippen molar-refractivity contribution < 1.29 is 23.8 Å². The average Bonchev–Trinajstić information content (AvgIpc) is 2.91. The van der Waals surface area contributed by atoms with Gasteiger partial charge in [0.2, 0.25) is 5.91 Å². The summed E-state index contributed by atoms with van der Waals surface area (Å²) in [5.74, 6) is 0.141. The number of amides is 1. The number of halogens is 1. The predicted octanol–water partition coefficient (Wildman–Crippen LogP) is 1.25. The highest BCUT2D eigenvalue weighted by Gasteiger charge is 2.32. The van der Waals surface area contributed by atoms with E-state index in [2.05, 4.69) is 5.32 Å². The van der Waals surface area contributed by atoms with Crippen LogP contribution in [-0.2, 0) is 9.53 Å². The molecule has 0 spiro atoms. The first-order valence-corrected chi connectivity index (χ1v) is 7.03. The largest absolute Gasteiger partial charge is 0.494 e. The molecule has 0 radical (unpaired) electrons. The molecule has 2 N–H and O–H groups in total. The van der Waals surface area contributed by atoms with Gasteiger partial charge in [0, 0.05) is 26.0 Å². The van der Waals surface area contributed by atoms with E-state index in [-0.39, 0.29) is 24.9 Å². The van der Waals surface area contributed by atoms with E-state index >= 15 is 0 Å². The van der Waals surface area contributed by atoms with Gasteiger partial charge in [0.05, 0.1) is 13.2 Å². The summed E-state index contributed by atoms with van der Waals surface area (Å²) in [6, 6.07) is 5.74. The number of carbonyl (C=O) groups is 1. The van der Waals surface area contributed by atoms with Crippen LogP contribution in [0.4, 0.5) is 4.39 Å². The summed E-state index contributed by atoms with van der Waals surface area (Å²) >= 11 is 0. The minimum Gasteiger partial charge on any atom is -0.494 e. The molecule has 1 unspecified atom stereocenters. The van der Waals surface area contributed by atoms with E-state index in [1.165, 1.54) is 12.1 Å². The lowest BCUT2D eigenvalue weighted by atomic mass is 10.0. The van der Waals surface area contributed by atoms with Crippen LogP contribution < -0.4 is 10.1 Å². The van der Waals surface area contributed by atoms with E-state index < -0.39 is 5.60 Å². The Morgan fingerprint density at radius 2 is 2.19 bits per heavy atom. The van der Waals surface area contributed by atoms with Crippen LogP contribution in [0.15, 0.2) is 24.3 Å². The fraction of sp³-hybridized carbons (Fsp3) is 0.533. The Bertz CT molecular complexity index is 457. The zero-order chi connectivity index (χ0) is 15.1. The van der Waals surface area contributed by atoms with Crippen LogP contribution in [0.1, 0.15) is 19.3 Å². The smallest absolute Gasteiger partial charge is 0.220 e. The van der Waals surface area contributed by atoms with E-state index in [0.717, 1.165) is 0 Å². The fourth-order valence-corrected chi connectivity index (χ4v) is 2.04. The summed E-state index contributed by atoms with van der Waals surface area (Å²) < 4.78 is 23.2. The molecule has 1 heterocycles. The number of benzene rings is 1. The van der Waals surface area contributed by atoms with E-state index in [4.69, 9.17) is 9.47 Å². The number of carbonyl (C=O) groups excluding carboxylic acids is 1. The number of rotatable bonds is 7. The molecule has 6 heteroatoms. The highest BCUT2D eigenvalue weighted by Crippen LogP contribution is 2.17. The van der Waals surface area contributed by atoms with Crippen molar-refractivity contribution in [3.8, 4) is 5.75 Å². The first-order valence-electron chi connectivity index (χ1n) is 7.03. The summed E-state index contributed by atoms with van der Waals surface area (Å²) in [6.07, 6.45) is 1.41. The van der Waals surface area contributed by atoms with Crippen molar-refractivity contribution in [2.45, 2.75) is 24.9 Å². The quantitative estimate of drug-likeness (QED) is 0.743. The first-order chi connectivity index (χ1) is 10.1. The van der Waals surface area contributed by atoms with Gasteiger partial charge in [-0.25, -0.2) is 4.39 Å². The molecule has 1 amide bonds. The van der Waals surface area contributed by atoms with Gasteiger partial charge in [-0.2, -0.15) is 0 Å². The number of hydrogen-bond donors (Lipinski definition) is 2. The van der Waals surface area contributed by atoms with Gasteiger partial charge in [-0.15, -0.1) is 0 Å². The second-order valence-corrected chi connectivity index (χ2v) is 5.21. The molecule has 1 aromatic rings. The van der Waals surface area contributed by atoms with Gasteiger partial charge in [-0.3, -0.25) is 4.79 Å². The molecule has 1 saturated heterocycles. The van der Waals surface area contributed by atoms with Crippen LogP contribution in [0.2, 0.25) is 0 Å². The van der Waals surface area contributed by atoms with Crippen molar-refractivity contribution in [3.05, 3.63) is 30.1 Å². The summed E-state index contributed by atoms with van der Waals surface area (Å²) in [7, 11) is 0. The standard InChI is InChI=1S/C15H20FNO4/c16-12-3-5-13(6-4-12)21-8-1-2-14(18)17-10-15(19)7-9-20-11-15/h3-6,19H,1-2,7-11H2,(H,17,18). The summed E-state index contributed by atoms with van der Waals surface area (Å²) in [4.78, 5) is 11.6. The molecule has 1 aliphatic rings. The normalized spacial score (nSPS) is 21.2. The highest BCUT2D eigenvalue weighted by molar-refractivity contribution is 5.75. The Balaban J connectivity index is 1.57. The van der Waals surface area contributed by atoms with Gasteiger partial charge >= 0.3 is 0 Å². The summed E-state index contributed by atoms with van der Waals surface area (Å²) in [5, 5.41) is 12.7. The van der Waals surface area contributed by atoms with Crippen LogP contribution in [-0.4, -0.2) is 43.0 Å². The Morgan fingerprint density at radius 1 is 1.43 bits per heavy atom. The molecule has 0 aliphatic carbocycles. The SMILES string of the molecule is O=C(CCCOc1ccc(F)cc1)NCC1(O)CCOC1. The Hall–Kier alpha value is -1.66. The third kappa shape index (κ3) is 5.32. The monoisotopic (exact) mass is 297 g/mol. The molecule has 21 heavy (non-hydrogen) atoms. The predicted molar refractivity (Wildman–Crippen MR) is 74.5 cm³/mol. The van der Waals surface area contributed by atoms with Gasteiger partial charge < -0.3 is 19.9 Å². The molecule has 5 nitrogen and oxygen atoms in total. The lowest BCUT2D eigenvalue weighted by Crippen LogP contribution is -2.43. The zero-order valence-electron chi connectivity index (χ0n) is 11.8. The van der Waals surface area contributed by atoms with E-state index in [1.807, 2.05) is 0 Å². The minimum atomic E-state index is -0.930. The van der Waals surface area contributed by atoms with Crippen molar-refractivity contribution in [1.82, 2.24) is 5.32 Å². The summed E-state index contributed by atoms with van der Waals surface area (Å²) in [5.41, 5.74) is -0.930. The topological polar surface area (TPSA) is 67.8 Å². The molecule has 2 rings (SSSR count). The molecule has 1 atom stereocenters. The molecule has 1 fully saturated rings. The van der Waals surface area contributed by atoms with Crippen LogP contribution in [0.5, 0.6) is 5.75 Å². The van der Waals surface area contributed by atoms with Crippen LogP contribution in [0.3, 0.4) is 0 Å². The van der Waals surface area contributed by atoms with E-state index in [1.54, 1.807) is 12.1 Å². The second kappa shape index (κ2) is 7.38. The van der Waals surface area contributed by atoms with Gasteiger partial charge in [0.25, 0.3) is 0 Å². The minimum absolute atomic E-state index is 0.127. The first kappa shape index (κ1) is 15.7. The van der Waals surface area contributed by atoms with Crippen LogP contribution in [0, 0.1) is 5.82 Å². The molecule has 1 aromatic carbocycles. The van der Waals surface area contributed by atoms with Gasteiger partial charge in [-0.05, 0) is 30.7 Å². The molecule has 116 valence electrons. The molecule has 0 saturated carbocycles. The van der Waals surface area contributed by atoms with Gasteiger partial charge in [0.1, 0.15) is 17.2 Å². The molecule has 1 aliphatic heterocycles. The maximum absolute atomic E-state index is 12.7. The Kier molecular flexibility index (Phi) is 5.52. The third-order valence-electron chi connectivity index (χ3n) is 3.33. The average molecular weight is 297 g/mol. The van der Waals surface area contributed by atoms with Crippen molar-refractivity contribution >= 4 is 5.91 Å². The van der Waals surface area contributed by atoms with Gasteiger partial charge in [-0.1, -0.05) is 0 Å². The molecule has 0 bridgehead atoms. The highest BCUT2D eigenvalue weighted by atomic mass is 19.1. The van der Waals surface area contributed by atoms with Crippen molar-refractivity contribution in [2.75, 3.05) is 26.4 Å². The Labute approximate surface area is 123 Å².